The normalized spacial score (nSPS) is 29.1. The molecule has 0 aromatic heterocycles. The molecule has 2 saturated heterocycles. The number of aryl methyl sites for hydroxylation is 2. The first kappa shape index (κ1) is 30.4. The van der Waals surface area contributed by atoms with E-state index >= 15 is 4.79 Å². The molecule has 0 spiro atoms. The predicted molar refractivity (Wildman–Crippen MR) is 175 cm³/mol. The molecule has 0 bridgehead atoms. The molecule has 46 heavy (non-hydrogen) atoms. The maximum absolute atomic E-state index is 15.3. The van der Waals surface area contributed by atoms with Crippen LogP contribution in [0.3, 0.4) is 0 Å². The second-order valence-electron chi connectivity index (χ2n) is 14.3. The van der Waals surface area contributed by atoms with Crippen molar-refractivity contribution < 1.29 is 24.3 Å². The molecule has 0 radical (unpaired) electrons. The lowest BCUT2D eigenvalue weighted by molar-refractivity contribution is -0.145. The molecule has 2 aliphatic heterocycles. The molecule has 4 amide bonds. The molecule has 3 aromatic rings. The third-order valence-corrected chi connectivity index (χ3v) is 10.9. The van der Waals surface area contributed by atoms with Gasteiger partial charge in [0.25, 0.3) is 0 Å². The maximum Gasteiger partial charge on any atom is 0.246 e. The van der Waals surface area contributed by atoms with Gasteiger partial charge in [0.15, 0.2) is 0 Å². The fraction of sp³-hybridized carbons (Fsp3) is 0.368. The Balaban J connectivity index is 1.51. The molecule has 3 aromatic carbocycles. The Morgan fingerprint density at radius 2 is 1.52 bits per heavy atom. The molecular weight excluding hydrogens is 600 g/mol. The van der Waals surface area contributed by atoms with Crippen LogP contribution in [0.2, 0.25) is 5.02 Å². The number of nitrogens with zero attached hydrogens (tertiary/aromatic N) is 2. The molecule has 3 fully saturated rings. The number of likely N-dealkylation sites (tertiary alicyclic amines) is 1. The van der Waals surface area contributed by atoms with E-state index in [1.165, 1.54) is 9.80 Å². The monoisotopic (exact) mass is 636 g/mol. The number of hydrogen-bond donors (Lipinski definition) is 1. The average Bonchev–Trinajstić information content (AvgIpc) is 3.40. The van der Waals surface area contributed by atoms with Gasteiger partial charge in [0.2, 0.25) is 23.6 Å². The summed E-state index contributed by atoms with van der Waals surface area (Å²) in [7, 11) is 0. The number of allylic oxidation sites excluding steroid dienone is 2. The van der Waals surface area contributed by atoms with Crippen molar-refractivity contribution in [1.82, 2.24) is 4.90 Å². The number of carbonyl (C=O) groups excluding carboxylic acids is 4. The molecule has 2 heterocycles. The van der Waals surface area contributed by atoms with E-state index in [2.05, 4.69) is 6.08 Å². The number of phenols is 1. The fourth-order valence-electron chi connectivity index (χ4n) is 8.94. The van der Waals surface area contributed by atoms with E-state index in [0.29, 0.717) is 33.8 Å². The highest BCUT2D eigenvalue weighted by Gasteiger charge is 2.70. The van der Waals surface area contributed by atoms with Crippen LogP contribution in [0.5, 0.6) is 5.75 Å². The molecule has 6 unspecified atom stereocenters. The average molecular weight is 637 g/mol. The van der Waals surface area contributed by atoms with Gasteiger partial charge in [0, 0.05) is 16.5 Å². The van der Waals surface area contributed by atoms with Crippen LogP contribution in [-0.2, 0) is 24.6 Å². The Hall–Kier alpha value is -4.23. The molecule has 236 valence electrons. The molecule has 6 atom stereocenters. The van der Waals surface area contributed by atoms with Gasteiger partial charge < -0.3 is 5.11 Å². The lowest BCUT2D eigenvalue weighted by atomic mass is 9.49. The Kier molecular flexibility index (Phi) is 6.87. The second kappa shape index (κ2) is 10.4. The minimum absolute atomic E-state index is 0.172. The first-order valence-corrected chi connectivity index (χ1v) is 16.2. The summed E-state index contributed by atoms with van der Waals surface area (Å²) in [6.45, 7) is 9.24. The van der Waals surface area contributed by atoms with Crippen LogP contribution in [0.1, 0.15) is 61.8 Å². The summed E-state index contributed by atoms with van der Waals surface area (Å²) in [5.41, 5.74) is 2.06. The van der Waals surface area contributed by atoms with Gasteiger partial charge in [-0.25, -0.2) is 4.90 Å². The van der Waals surface area contributed by atoms with Gasteiger partial charge in [-0.15, -0.1) is 0 Å². The van der Waals surface area contributed by atoms with Gasteiger partial charge in [-0.05, 0) is 93.8 Å². The number of anilines is 1. The number of aromatic hydroxyl groups is 1. The van der Waals surface area contributed by atoms with E-state index in [0.717, 1.165) is 11.1 Å². The SMILES string of the molecule is Cc1cc(C2C3=CCC4C(=O)N(C(C)(C)C)C(=O)C4C3CC3C(=O)N(c4cccc(Cl)c4)C(=O)C32c2ccccc2)cc(C)c1O. The van der Waals surface area contributed by atoms with E-state index in [9.17, 15) is 19.5 Å². The highest BCUT2D eigenvalue weighted by Crippen LogP contribution is 2.64. The number of benzene rings is 3. The zero-order valence-corrected chi connectivity index (χ0v) is 27.3. The minimum atomic E-state index is -1.35. The fourth-order valence-corrected chi connectivity index (χ4v) is 9.12. The van der Waals surface area contributed by atoms with Gasteiger partial charge in [-0.2, -0.15) is 0 Å². The third-order valence-electron chi connectivity index (χ3n) is 10.7. The molecule has 1 N–H and O–H groups in total. The topological polar surface area (TPSA) is 95.0 Å². The molecule has 2 aliphatic carbocycles. The van der Waals surface area contributed by atoms with Crippen molar-refractivity contribution in [2.45, 2.75) is 64.3 Å². The second-order valence-corrected chi connectivity index (χ2v) is 14.7. The predicted octanol–water partition coefficient (Wildman–Crippen LogP) is 6.62. The van der Waals surface area contributed by atoms with Gasteiger partial charge >= 0.3 is 0 Å². The number of halogens is 1. The van der Waals surface area contributed by atoms with Crippen molar-refractivity contribution in [3.8, 4) is 5.75 Å². The summed E-state index contributed by atoms with van der Waals surface area (Å²) in [5, 5.41) is 11.2. The number of fused-ring (bicyclic) bond motifs is 4. The number of carbonyl (C=O) groups is 4. The smallest absolute Gasteiger partial charge is 0.246 e. The van der Waals surface area contributed by atoms with Gasteiger partial charge in [0.1, 0.15) is 5.75 Å². The molecule has 7 rings (SSSR count). The molecular formula is C38H37ClN2O5. The summed E-state index contributed by atoms with van der Waals surface area (Å²) in [6.07, 6.45) is 2.68. The van der Waals surface area contributed by atoms with Gasteiger partial charge in [0.05, 0.1) is 28.9 Å². The Morgan fingerprint density at radius 1 is 0.848 bits per heavy atom. The summed E-state index contributed by atoms with van der Waals surface area (Å²) in [4.78, 5) is 60.7. The number of imide groups is 2. The highest BCUT2D eigenvalue weighted by atomic mass is 35.5. The van der Waals surface area contributed by atoms with Crippen LogP contribution in [0.15, 0.2) is 78.4 Å². The van der Waals surface area contributed by atoms with E-state index in [4.69, 9.17) is 11.6 Å². The van der Waals surface area contributed by atoms with Crippen molar-refractivity contribution >= 4 is 40.9 Å². The summed E-state index contributed by atoms with van der Waals surface area (Å²) in [5.74, 6) is -3.97. The van der Waals surface area contributed by atoms with Crippen molar-refractivity contribution in [1.29, 1.82) is 0 Å². The van der Waals surface area contributed by atoms with Crippen molar-refractivity contribution in [3.05, 3.63) is 106 Å². The number of amides is 4. The third kappa shape index (κ3) is 4.10. The molecule has 7 nitrogen and oxygen atoms in total. The first-order chi connectivity index (χ1) is 21.8. The van der Waals surface area contributed by atoms with Crippen LogP contribution in [-0.4, -0.2) is 39.2 Å². The summed E-state index contributed by atoms with van der Waals surface area (Å²) < 4.78 is 0. The van der Waals surface area contributed by atoms with Gasteiger partial charge in [-0.3, -0.25) is 24.1 Å². The zero-order chi connectivity index (χ0) is 32.9. The number of hydrogen-bond acceptors (Lipinski definition) is 5. The molecule has 1 saturated carbocycles. The summed E-state index contributed by atoms with van der Waals surface area (Å²) in [6, 6.07) is 20.0. The van der Waals surface area contributed by atoms with E-state index in [-0.39, 0.29) is 35.8 Å². The van der Waals surface area contributed by atoms with E-state index < -0.39 is 40.5 Å². The lowest BCUT2D eigenvalue weighted by Crippen LogP contribution is -2.53. The zero-order valence-electron chi connectivity index (χ0n) is 26.6. The van der Waals surface area contributed by atoms with Crippen molar-refractivity contribution in [2.75, 3.05) is 4.90 Å². The standard InChI is InChI=1S/C38H37ClN2O5/c1-20-16-22(17-21(2)32(20)42)31-26-14-15-27-30(35(45)41(33(27)43)37(3,4)5)28(26)19-29-34(44)40(25-13-9-12-24(39)18-25)36(46)38(29,31)23-10-7-6-8-11-23/h6-14,16-18,27-31,42H,15,19H2,1-5H3. The van der Waals surface area contributed by atoms with Crippen molar-refractivity contribution in [3.63, 3.8) is 0 Å². The molecule has 4 aliphatic rings. The van der Waals surface area contributed by atoms with E-state index in [1.54, 1.807) is 24.3 Å². The summed E-state index contributed by atoms with van der Waals surface area (Å²) >= 11 is 6.38. The van der Waals surface area contributed by atoms with Crippen LogP contribution >= 0.6 is 11.6 Å². The van der Waals surface area contributed by atoms with Crippen molar-refractivity contribution in [2.24, 2.45) is 23.7 Å². The lowest BCUT2D eigenvalue weighted by Gasteiger charge is -2.51. The largest absolute Gasteiger partial charge is 0.507 e. The van der Waals surface area contributed by atoms with Crippen LogP contribution in [0.25, 0.3) is 0 Å². The number of phenolic OH excluding ortho intramolecular Hbond substituents is 1. The quantitative estimate of drug-likeness (QED) is 0.257. The molecule has 8 heteroatoms. The highest BCUT2D eigenvalue weighted by molar-refractivity contribution is 6.32. The Bertz CT molecular complexity index is 1840. The van der Waals surface area contributed by atoms with Crippen LogP contribution in [0.4, 0.5) is 5.69 Å². The van der Waals surface area contributed by atoms with Gasteiger partial charge in [-0.1, -0.05) is 71.8 Å². The first-order valence-electron chi connectivity index (χ1n) is 15.9. The Morgan fingerprint density at radius 3 is 2.15 bits per heavy atom. The van der Waals surface area contributed by atoms with Crippen LogP contribution < -0.4 is 4.90 Å². The maximum atomic E-state index is 15.3. The number of rotatable bonds is 3. The minimum Gasteiger partial charge on any atom is -0.507 e. The van der Waals surface area contributed by atoms with Crippen LogP contribution in [0, 0.1) is 37.5 Å². The Labute approximate surface area is 273 Å². The van der Waals surface area contributed by atoms with E-state index in [1.807, 2.05) is 77.1 Å².